The molecule has 2 aromatic heterocycles. The van der Waals surface area contributed by atoms with Gasteiger partial charge in [0.2, 0.25) is 5.91 Å². The molecule has 0 unspecified atom stereocenters. The Hall–Kier alpha value is -3.42. The van der Waals surface area contributed by atoms with E-state index in [1.807, 2.05) is 43.3 Å². The Balaban J connectivity index is 1.75. The molecule has 0 saturated carbocycles. The van der Waals surface area contributed by atoms with E-state index in [4.69, 9.17) is 16.3 Å². The lowest BCUT2D eigenvalue weighted by molar-refractivity contribution is -0.116. The Labute approximate surface area is 190 Å². The molecule has 0 aliphatic rings. The highest BCUT2D eigenvalue weighted by Crippen LogP contribution is 2.28. The maximum atomic E-state index is 13.2. The molecule has 2 heterocycles. The number of fused-ring (bicyclic) bond motifs is 1. The van der Waals surface area contributed by atoms with E-state index in [-0.39, 0.29) is 18.0 Å². The minimum Gasteiger partial charge on any atom is -0.383 e. The van der Waals surface area contributed by atoms with Gasteiger partial charge in [0.15, 0.2) is 0 Å². The van der Waals surface area contributed by atoms with Gasteiger partial charge < -0.3 is 14.6 Å². The molecule has 0 aliphatic carbocycles. The van der Waals surface area contributed by atoms with Crippen LogP contribution in [0, 0.1) is 6.92 Å². The second kappa shape index (κ2) is 9.38. The van der Waals surface area contributed by atoms with Crippen molar-refractivity contribution in [3.05, 3.63) is 82.0 Å². The molecule has 0 saturated heterocycles. The third kappa shape index (κ3) is 4.44. The molecule has 0 aliphatic heterocycles. The fourth-order valence-electron chi connectivity index (χ4n) is 3.58. The fourth-order valence-corrected chi connectivity index (χ4v) is 3.87. The number of amides is 1. The summed E-state index contributed by atoms with van der Waals surface area (Å²) in [5.74, 6) is -0.293. The Morgan fingerprint density at radius 1 is 1.16 bits per heavy atom. The van der Waals surface area contributed by atoms with E-state index in [2.05, 4.69) is 10.3 Å². The van der Waals surface area contributed by atoms with Crippen LogP contribution in [0.15, 0.2) is 65.8 Å². The van der Waals surface area contributed by atoms with Gasteiger partial charge in [-0.3, -0.25) is 14.2 Å². The first-order valence-corrected chi connectivity index (χ1v) is 10.5. The molecule has 32 heavy (non-hydrogen) atoms. The van der Waals surface area contributed by atoms with E-state index in [9.17, 15) is 9.59 Å². The Kier molecular flexibility index (Phi) is 6.39. The van der Waals surface area contributed by atoms with Crippen LogP contribution in [-0.4, -0.2) is 33.7 Å². The van der Waals surface area contributed by atoms with Crippen LogP contribution in [0.4, 0.5) is 5.69 Å². The van der Waals surface area contributed by atoms with Gasteiger partial charge in [-0.05, 0) is 30.2 Å². The number of nitrogens with zero attached hydrogens (tertiary/aromatic N) is 3. The van der Waals surface area contributed by atoms with Crippen LogP contribution in [0.25, 0.3) is 22.2 Å². The van der Waals surface area contributed by atoms with Gasteiger partial charge in [0.1, 0.15) is 17.6 Å². The number of halogens is 1. The predicted molar refractivity (Wildman–Crippen MR) is 126 cm³/mol. The van der Waals surface area contributed by atoms with E-state index in [0.717, 1.165) is 16.7 Å². The molecule has 4 rings (SSSR count). The van der Waals surface area contributed by atoms with Crippen molar-refractivity contribution in [1.29, 1.82) is 0 Å². The molecule has 0 atom stereocenters. The molecule has 0 fully saturated rings. The first kappa shape index (κ1) is 21.8. The lowest BCUT2D eigenvalue weighted by Gasteiger charge is -2.10. The summed E-state index contributed by atoms with van der Waals surface area (Å²) < 4.78 is 8.24. The minimum absolute atomic E-state index is 0.0568. The van der Waals surface area contributed by atoms with Crippen molar-refractivity contribution in [2.45, 2.75) is 20.0 Å². The highest BCUT2D eigenvalue weighted by Gasteiger charge is 2.18. The third-order valence-corrected chi connectivity index (χ3v) is 5.49. The van der Waals surface area contributed by atoms with Crippen LogP contribution >= 0.6 is 11.6 Å². The minimum atomic E-state index is -0.293. The maximum absolute atomic E-state index is 13.2. The second-order valence-electron chi connectivity index (χ2n) is 7.50. The average Bonchev–Trinajstić information content (AvgIpc) is 3.15. The van der Waals surface area contributed by atoms with Crippen molar-refractivity contribution in [1.82, 2.24) is 14.1 Å². The summed E-state index contributed by atoms with van der Waals surface area (Å²) in [5, 5.41) is 3.29. The number of methoxy groups -OCH3 is 1. The molecule has 8 heteroatoms. The number of benzene rings is 2. The summed E-state index contributed by atoms with van der Waals surface area (Å²) in [6, 6.07) is 15.1. The van der Waals surface area contributed by atoms with E-state index in [1.54, 1.807) is 30.0 Å². The SMILES string of the molecule is COCCn1cnc2c(-c3ccccc3)cn(CC(=O)Nc3ccc(C)cc3Cl)c2c1=O. The molecular weight excluding hydrogens is 428 g/mol. The van der Waals surface area contributed by atoms with Crippen molar-refractivity contribution in [2.24, 2.45) is 0 Å². The molecule has 0 radical (unpaired) electrons. The summed E-state index contributed by atoms with van der Waals surface area (Å²) >= 11 is 6.25. The van der Waals surface area contributed by atoms with Gasteiger partial charge in [-0.15, -0.1) is 0 Å². The highest BCUT2D eigenvalue weighted by atomic mass is 35.5. The molecule has 0 bridgehead atoms. The Morgan fingerprint density at radius 2 is 1.94 bits per heavy atom. The number of hydrogen-bond acceptors (Lipinski definition) is 4. The maximum Gasteiger partial charge on any atom is 0.277 e. The zero-order valence-electron chi connectivity index (χ0n) is 17.8. The van der Waals surface area contributed by atoms with E-state index >= 15 is 0 Å². The number of anilines is 1. The quantitative estimate of drug-likeness (QED) is 0.459. The van der Waals surface area contributed by atoms with Gasteiger partial charge in [0, 0.05) is 18.9 Å². The number of aromatic nitrogens is 3. The summed E-state index contributed by atoms with van der Waals surface area (Å²) in [5.41, 5.74) is 3.92. The number of hydrogen-bond donors (Lipinski definition) is 1. The van der Waals surface area contributed by atoms with Crippen molar-refractivity contribution in [3.63, 3.8) is 0 Å². The van der Waals surface area contributed by atoms with Crippen LogP contribution in [0.5, 0.6) is 0 Å². The average molecular weight is 451 g/mol. The van der Waals surface area contributed by atoms with Crippen molar-refractivity contribution >= 4 is 34.2 Å². The number of carbonyl (C=O) groups excluding carboxylic acids is 1. The fraction of sp³-hybridized carbons (Fsp3) is 0.208. The summed E-state index contributed by atoms with van der Waals surface area (Å²) in [6.45, 7) is 2.62. The number of ether oxygens (including phenoxy) is 1. The summed E-state index contributed by atoms with van der Waals surface area (Å²) in [6.07, 6.45) is 3.32. The standard InChI is InChI=1S/C24H23ClN4O3/c1-16-8-9-20(19(25)12-16)27-21(30)14-29-13-18(17-6-4-3-5-7-17)22-23(29)24(31)28(15-26-22)10-11-32-2/h3-9,12-13,15H,10-11,14H2,1-2H3,(H,27,30). The molecule has 1 amide bonds. The topological polar surface area (TPSA) is 78.2 Å². The van der Waals surface area contributed by atoms with Gasteiger partial charge in [0.05, 0.1) is 30.2 Å². The lowest BCUT2D eigenvalue weighted by atomic mass is 10.1. The molecule has 4 aromatic rings. The first-order chi connectivity index (χ1) is 15.5. The van der Waals surface area contributed by atoms with Crippen molar-refractivity contribution in [3.8, 4) is 11.1 Å². The van der Waals surface area contributed by atoms with Crippen LogP contribution in [0.3, 0.4) is 0 Å². The number of carbonyl (C=O) groups is 1. The van der Waals surface area contributed by atoms with E-state index < -0.39 is 0 Å². The monoisotopic (exact) mass is 450 g/mol. The first-order valence-electron chi connectivity index (χ1n) is 10.2. The lowest BCUT2D eigenvalue weighted by Crippen LogP contribution is -2.26. The molecule has 164 valence electrons. The van der Waals surface area contributed by atoms with Crippen LogP contribution < -0.4 is 10.9 Å². The zero-order chi connectivity index (χ0) is 22.7. The summed E-state index contributed by atoms with van der Waals surface area (Å²) in [7, 11) is 1.58. The summed E-state index contributed by atoms with van der Waals surface area (Å²) in [4.78, 5) is 30.6. The van der Waals surface area contributed by atoms with Gasteiger partial charge in [0.25, 0.3) is 5.56 Å². The van der Waals surface area contributed by atoms with Gasteiger partial charge >= 0.3 is 0 Å². The smallest absolute Gasteiger partial charge is 0.277 e. The second-order valence-corrected chi connectivity index (χ2v) is 7.91. The number of aryl methyl sites for hydroxylation is 1. The van der Waals surface area contributed by atoms with Crippen LogP contribution in [0.2, 0.25) is 5.02 Å². The molecule has 7 nitrogen and oxygen atoms in total. The molecule has 1 N–H and O–H groups in total. The Morgan fingerprint density at radius 3 is 2.66 bits per heavy atom. The largest absolute Gasteiger partial charge is 0.383 e. The zero-order valence-corrected chi connectivity index (χ0v) is 18.6. The molecule has 0 spiro atoms. The van der Waals surface area contributed by atoms with Crippen molar-refractivity contribution < 1.29 is 9.53 Å². The predicted octanol–water partition coefficient (Wildman–Crippen LogP) is 4.11. The van der Waals surface area contributed by atoms with E-state index in [1.165, 1.54) is 10.9 Å². The van der Waals surface area contributed by atoms with Crippen LogP contribution in [0.1, 0.15) is 5.56 Å². The highest BCUT2D eigenvalue weighted by molar-refractivity contribution is 6.33. The van der Waals surface area contributed by atoms with Gasteiger partial charge in [-0.1, -0.05) is 48.0 Å². The van der Waals surface area contributed by atoms with Crippen LogP contribution in [-0.2, 0) is 22.6 Å². The number of nitrogens with one attached hydrogen (secondary N) is 1. The molecular formula is C24H23ClN4O3. The van der Waals surface area contributed by atoms with Gasteiger partial charge in [-0.2, -0.15) is 0 Å². The third-order valence-electron chi connectivity index (χ3n) is 5.17. The van der Waals surface area contributed by atoms with Gasteiger partial charge in [-0.25, -0.2) is 4.98 Å². The Bertz CT molecular complexity index is 1330. The van der Waals surface area contributed by atoms with Crippen molar-refractivity contribution in [2.75, 3.05) is 19.0 Å². The number of rotatable bonds is 7. The normalized spacial score (nSPS) is 11.1. The molecule has 2 aromatic carbocycles. The van der Waals surface area contributed by atoms with E-state index in [0.29, 0.717) is 34.9 Å².